The minimum atomic E-state index is -0.928. The number of alkyl halides is 2. The van der Waals surface area contributed by atoms with Crippen LogP contribution in [0.1, 0.15) is 12.8 Å². The van der Waals surface area contributed by atoms with Crippen LogP contribution in [0.4, 0.5) is 0 Å². The number of hydrogen-bond acceptors (Lipinski definition) is 1. The van der Waals surface area contributed by atoms with Gasteiger partial charge in [0.05, 0.1) is 0 Å². The Balaban J connectivity index is 2.03. The van der Waals surface area contributed by atoms with Gasteiger partial charge in [0.15, 0.2) is 4.84 Å². The van der Waals surface area contributed by atoms with E-state index in [9.17, 15) is 4.79 Å². The molecule has 1 fully saturated rings. The van der Waals surface area contributed by atoms with Gasteiger partial charge in [-0.3, -0.25) is 4.79 Å². The highest BCUT2D eigenvalue weighted by Crippen LogP contribution is 2.41. The van der Waals surface area contributed by atoms with Gasteiger partial charge in [0.2, 0.25) is 0 Å². The monoisotopic (exact) mass is 233 g/mol. The Kier molecular flexibility index (Phi) is 2.76. The lowest BCUT2D eigenvalue weighted by Gasteiger charge is -2.29. The molecule has 1 amide bonds. The predicted octanol–water partition coefficient (Wildman–Crippen LogP) is 2.21. The minimum Gasteiger partial charge on any atom is -0.340 e. The molecule has 2 aliphatic rings. The van der Waals surface area contributed by atoms with Crippen LogP contribution in [-0.4, -0.2) is 28.7 Å². The normalized spacial score (nSPS) is 34.1. The fourth-order valence-electron chi connectivity index (χ4n) is 2.51. The molecule has 78 valence electrons. The van der Waals surface area contributed by atoms with Gasteiger partial charge in [-0.15, -0.1) is 0 Å². The largest absolute Gasteiger partial charge is 0.340 e. The zero-order valence-corrected chi connectivity index (χ0v) is 9.50. The second-order valence-corrected chi connectivity index (χ2v) is 5.19. The molecule has 2 aliphatic carbocycles. The maximum Gasteiger partial charge on any atom is 0.255 e. The van der Waals surface area contributed by atoms with Crippen molar-refractivity contribution in [3.05, 3.63) is 12.2 Å². The summed E-state index contributed by atoms with van der Waals surface area (Å²) >= 11 is 11.1. The van der Waals surface area contributed by atoms with E-state index >= 15 is 0 Å². The zero-order chi connectivity index (χ0) is 10.3. The molecule has 0 heterocycles. The smallest absolute Gasteiger partial charge is 0.255 e. The third-order valence-electron chi connectivity index (χ3n) is 3.28. The van der Waals surface area contributed by atoms with Crippen molar-refractivity contribution in [1.29, 1.82) is 0 Å². The number of halogens is 2. The van der Waals surface area contributed by atoms with Crippen molar-refractivity contribution in [1.82, 2.24) is 4.90 Å². The quantitative estimate of drug-likeness (QED) is 0.530. The highest BCUT2D eigenvalue weighted by molar-refractivity contribution is 6.53. The summed E-state index contributed by atoms with van der Waals surface area (Å²) in [5.41, 5.74) is 0. The van der Waals surface area contributed by atoms with Crippen molar-refractivity contribution in [3.63, 3.8) is 0 Å². The van der Waals surface area contributed by atoms with E-state index < -0.39 is 4.84 Å². The zero-order valence-electron chi connectivity index (χ0n) is 7.99. The second-order valence-electron chi connectivity index (χ2n) is 4.10. The summed E-state index contributed by atoms with van der Waals surface area (Å²) in [6.45, 7) is 0. The van der Waals surface area contributed by atoms with E-state index in [1.54, 1.807) is 11.9 Å². The maximum absolute atomic E-state index is 11.5. The van der Waals surface area contributed by atoms with Crippen molar-refractivity contribution in [2.75, 3.05) is 7.05 Å². The third-order valence-corrected chi connectivity index (χ3v) is 3.65. The summed E-state index contributed by atoms with van der Waals surface area (Å²) in [4.78, 5) is 12.3. The summed E-state index contributed by atoms with van der Waals surface area (Å²) in [5, 5.41) is 0. The topological polar surface area (TPSA) is 20.3 Å². The van der Waals surface area contributed by atoms with Gasteiger partial charge in [-0.05, 0) is 24.7 Å². The van der Waals surface area contributed by atoms with Crippen LogP contribution in [0.15, 0.2) is 12.2 Å². The summed E-state index contributed by atoms with van der Waals surface area (Å²) in [6.07, 6.45) is 6.69. The fourth-order valence-corrected chi connectivity index (χ4v) is 2.82. The summed E-state index contributed by atoms with van der Waals surface area (Å²) < 4.78 is 0. The average Bonchev–Trinajstić information content (AvgIpc) is 2.76. The fraction of sp³-hybridized carbons (Fsp3) is 0.700. The van der Waals surface area contributed by atoms with Crippen LogP contribution in [0.3, 0.4) is 0 Å². The van der Waals surface area contributed by atoms with Crippen LogP contribution >= 0.6 is 23.2 Å². The first-order chi connectivity index (χ1) is 6.59. The molecule has 0 unspecified atom stereocenters. The Hall–Kier alpha value is -0.210. The number of carbonyl (C=O) groups is 1. The van der Waals surface area contributed by atoms with E-state index in [2.05, 4.69) is 12.2 Å². The molecule has 14 heavy (non-hydrogen) atoms. The van der Waals surface area contributed by atoms with E-state index in [-0.39, 0.29) is 5.91 Å². The van der Waals surface area contributed by atoms with Crippen LogP contribution in [0.5, 0.6) is 0 Å². The molecule has 3 atom stereocenters. The Morgan fingerprint density at radius 2 is 2.14 bits per heavy atom. The number of fused-ring (bicyclic) bond motifs is 2. The number of amides is 1. The molecule has 0 aliphatic heterocycles. The van der Waals surface area contributed by atoms with Crippen molar-refractivity contribution in [3.8, 4) is 0 Å². The Bertz CT molecular complexity index is 277. The molecule has 4 heteroatoms. The first kappa shape index (κ1) is 10.3. The van der Waals surface area contributed by atoms with Crippen LogP contribution in [-0.2, 0) is 4.79 Å². The predicted molar refractivity (Wildman–Crippen MR) is 57.4 cm³/mol. The first-order valence-electron chi connectivity index (χ1n) is 4.82. The van der Waals surface area contributed by atoms with E-state index in [0.717, 1.165) is 6.42 Å². The van der Waals surface area contributed by atoms with E-state index in [1.165, 1.54) is 6.42 Å². The summed E-state index contributed by atoms with van der Waals surface area (Å²) in [6, 6.07) is 0.303. The minimum absolute atomic E-state index is 0.181. The molecule has 0 aromatic carbocycles. The molecular formula is C10H13Cl2NO. The van der Waals surface area contributed by atoms with Crippen LogP contribution in [0.2, 0.25) is 0 Å². The molecule has 0 saturated heterocycles. The van der Waals surface area contributed by atoms with Crippen molar-refractivity contribution in [2.24, 2.45) is 11.8 Å². The van der Waals surface area contributed by atoms with Gasteiger partial charge in [0.25, 0.3) is 5.91 Å². The van der Waals surface area contributed by atoms with Crippen molar-refractivity contribution >= 4 is 29.1 Å². The molecular weight excluding hydrogens is 221 g/mol. The Morgan fingerprint density at radius 1 is 1.43 bits per heavy atom. The standard InChI is InChI=1S/C10H13Cl2NO/c1-13(10(14)9(11)12)8-5-6-2-3-7(8)4-6/h2-3,6-9H,4-5H2,1H3/t6-,7-,8-/m0/s1. The van der Waals surface area contributed by atoms with Gasteiger partial charge in [0.1, 0.15) is 0 Å². The lowest BCUT2D eigenvalue weighted by atomic mass is 10.0. The molecule has 0 radical (unpaired) electrons. The van der Waals surface area contributed by atoms with Gasteiger partial charge in [-0.25, -0.2) is 0 Å². The second kappa shape index (κ2) is 3.74. The van der Waals surface area contributed by atoms with E-state index in [1.807, 2.05) is 0 Å². The van der Waals surface area contributed by atoms with E-state index in [4.69, 9.17) is 23.2 Å². The Labute approximate surface area is 93.9 Å². The number of hydrogen-bond donors (Lipinski definition) is 0. The summed E-state index contributed by atoms with van der Waals surface area (Å²) in [5.74, 6) is 0.990. The van der Waals surface area contributed by atoms with Gasteiger partial charge in [-0.1, -0.05) is 35.4 Å². The molecule has 0 aromatic rings. The molecule has 0 N–H and O–H groups in total. The van der Waals surface area contributed by atoms with Crippen LogP contribution in [0, 0.1) is 11.8 Å². The van der Waals surface area contributed by atoms with Crippen LogP contribution < -0.4 is 0 Å². The molecule has 1 saturated carbocycles. The first-order valence-corrected chi connectivity index (χ1v) is 5.70. The Morgan fingerprint density at radius 3 is 2.57 bits per heavy atom. The average molecular weight is 234 g/mol. The molecule has 2 bridgehead atoms. The van der Waals surface area contributed by atoms with Crippen molar-refractivity contribution < 1.29 is 4.79 Å². The molecule has 0 spiro atoms. The number of rotatable bonds is 2. The number of allylic oxidation sites excluding steroid dienone is 1. The SMILES string of the molecule is CN(C(=O)C(Cl)Cl)[C@H]1C[C@H]2C=C[C@H]1C2. The molecule has 2 nitrogen and oxygen atoms in total. The van der Waals surface area contributed by atoms with Gasteiger partial charge in [0, 0.05) is 13.1 Å². The highest BCUT2D eigenvalue weighted by Gasteiger charge is 2.40. The molecule has 0 aromatic heterocycles. The van der Waals surface area contributed by atoms with Crippen LogP contribution in [0.25, 0.3) is 0 Å². The number of nitrogens with zero attached hydrogens (tertiary/aromatic N) is 1. The van der Waals surface area contributed by atoms with Gasteiger partial charge >= 0.3 is 0 Å². The highest BCUT2D eigenvalue weighted by atomic mass is 35.5. The number of carbonyl (C=O) groups excluding carboxylic acids is 1. The van der Waals surface area contributed by atoms with E-state index in [0.29, 0.717) is 17.9 Å². The van der Waals surface area contributed by atoms with Gasteiger partial charge < -0.3 is 4.90 Å². The van der Waals surface area contributed by atoms with Crippen molar-refractivity contribution in [2.45, 2.75) is 23.7 Å². The summed E-state index contributed by atoms with van der Waals surface area (Å²) in [7, 11) is 1.79. The lowest BCUT2D eigenvalue weighted by molar-refractivity contribution is -0.130. The lowest BCUT2D eigenvalue weighted by Crippen LogP contribution is -2.42. The molecule has 2 rings (SSSR count). The van der Waals surface area contributed by atoms with Gasteiger partial charge in [-0.2, -0.15) is 0 Å². The maximum atomic E-state index is 11.5. The third kappa shape index (κ3) is 1.66.